The van der Waals surface area contributed by atoms with E-state index in [-0.39, 0.29) is 11.9 Å². The van der Waals surface area contributed by atoms with Crippen LogP contribution in [0.25, 0.3) is 0 Å². The molecule has 17 heavy (non-hydrogen) atoms. The van der Waals surface area contributed by atoms with Crippen LogP contribution in [-0.4, -0.2) is 53.2 Å². The molecule has 0 aliphatic carbocycles. The molecule has 0 spiro atoms. The first-order valence-electron chi connectivity index (χ1n) is 5.73. The molecule has 2 N–H and O–H groups in total. The minimum absolute atomic E-state index is 0.123. The molecule has 1 aliphatic rings. The maximum atomic E-state index is 11.7. The van der Waals surface area contributed by atoms with Crippen molar-refractivity contribution in [3.8, 4) is 0 Å². The van der Waals surface area contributed by atoms with E-state index in [0.29, 0.717) is 18.5 Å². The molecule has 0 radical (unpaired) electrons. The van der Waals surface area contributed by atoms with E-state index in [1.54, 1.807) is 6.92 Å². The third-order valence-electron chi connectivity index (χ3n) is 2.80. The van der Waals surface area contributed by atoms with Gasteiger partial charge in [-0.3, -0.25) is 15.0 Å². The van der Waals surface area contributed by atoms with Crippen molar-refractivity contribution in [1.29, 1.82) is 0 Å². The molecule has 94 valence electrons. The highest BCUT2D eigenvalue weighted by atomic mass is 16.4. The Bertz CT molecular complexity index is 388. The number of carbonyl (C=O) groups is 1. The summed E-state index contributed by atoms with van der Waals surface area (Å²) in [7, 11) is 0. The number of likely N-dealkylation sites (N-methyl/N-ethyl adjacent to an activating group) is 1. The van der Waals surface area contributed by atoms with Gasteiger partial charge in [0.1, 0.15) is 0 Å². The summed E-state index contributed by atoms with van der Waals surface area (Å²) in [6.07, 6.45) is 0. The number of rotatable bonds is 5. The van der Waals surface area contributed by atoms with Crippen molar-refractivity contribution in [1.82, 2.24) is 20.4 Å². The lowest BCUT2D eigenvalue weighted by Gasteiger charge is -2.36. The van der Waals surface area contributed by atoms with Gasteiger partial charge in [-0.2, -0.15) is 0 Å². The largest absolute Gasteiger partial charge is 0.408 e. The van der Waals surface area contributed by atoms with E-state index in [1.807, 2.05) is 6.92 Å². The Morgan fingerprint density at radius 1 is 1.59 bits per heavy atom. The van der Waals surface area contributed by atoms with Gasteiger partial charge in [0.05, 0.1) is 6.54 Å². The lowest BCUT2D eigenvalue weighted by atomic mass is 10.1. The Kier molecular flexibility index (Phi) is 3.70. The van der Waals surface area contributed by atoms with Crippen LogP contribution in [0.1, 0.15) is 12.8 Å². The predicted molar refractivity (Wildman–Crippen MR) is 61.6 cm³/mol. The maximum Gasteiger partial charge on any atom is 0.322 e. The lowest BCUT2D eigenvalue weighted by molar-refractivity contribution is -0.118. The second-order valence-electron chi connectivity index (χ2n) is 4.05. The monoisotopic (exact) mass is 239 g/mol. The normalized spacial score (nSPS) is 15.9. The van der Waals surface area contributed by atoms with Gasteiger partial charge < -0.3 is 9.73 Å². The first-order valence-corrected chi connectivity index (χ1v) is 5.73. The Morgan fingerprint density at radius 3 is 2.82 bits per heavy atom. The molecule has 1 aromatic rings. The molecule has 1 saturated heterocycles. The van der Waals surface area contributed by atoms with E-state index < -0.39 is 0 Å². The maximum absolute atomic E-state index is 11.7. The number of nitrogens with zero attached hydrogens (tertiary/aromatic N) is 3. The molecular weight excluding hydrogens is 222 g/mol. The Balaban J connectivity index is 1.83. The summed E-state index contributed by atoms with van der Waals surface area (Å²) in [5.41, 5.74) is 0. The molecular formula is C10H17N5O2. The van der Waals surface area contributed by atoms with Gasteiger partial charge in [0.25, 0.3) is 0 Å². The van der Waals surface area contributed by atoms with Crippen molar-refractivity contribution in [2.75, 3.05) is 31.5 Å². The van der Waals surface area contributed by atoms with Gasteiger partial charge in [-0.25, -0.2) is 0 Å². The van der Waals surface area contributed by atoms with Crippen LogP contribution in [0.2, 0.25) is 0 Å². The fourth-order valence-electron chi connectivity index (χ4n) is 1.72. The van der Waals surface area contributed by atoms with Crippen LogP contribution in [0.5, 0.6) is 0 Å². The summed E-state index contributed by atoms with van der Waals surface area (Å²) in [6.45, 7) is 6.82. The van der Waals surface area contributed by atoms with Gasteiger partial charge in [0, 0.05) is 26.1 Å². The van der Waals surface area contributed by atoms with Gasteiger partial charge in [-0.05, 0) is 6.54 Å². The van der Waals surface area contributed by atoms with Crippen LogP contribution in [0.3, 0.4) is 0 Å². The zero-order valence-corrected chi connectivity index (χ0v) is 10.1. The summed E-state index contributed by atoms with van der Waals surface area (Å²) < 4.78 is 5.09. The van der Waals surface area contributed by atoms with Crippen molar-refractivity contribution >= 4 is 11.9 Å². The minimum Gasteiger partial charge on any atom is -0.408 e. The number of carbonyl (C=O) groups excluding carboxylic acids is 1. The minimum atomic E-state index is -0.123. The first kappa shape index (κ1) is 12.0. The molecule has 2 rings (SSSR count). The molecule has 1 fully saturated rings. The highest BCUT2D eigenvalue weighted by molar-refractivity contribution is 5.90. The Hall–Kier alpha value is -1.47. The first-order chi connectivity index (χ1) is 8.19. The fraction of sp³-hybridized carbons (Fsp3) is 0.700. The Labute approximate surface area is 99.6 Å². The second-order valence-corrected chi connectivity index (χ2v) is 4.05. The van der Waals surface area contributed by atoms with Gasteiger partial charge in [0.15, 0.2) is 0 Å². The van der Waals surface area contributed by atoms with Crippen molar-refractivity contribution in [3.05, 3.63) is 5.89 Å². The number of hydrogen-bond acceptors (Lipinski definition) is 6. The molecule has 0 atom stereocenters. The highest BCUT2D eigenvalue weighted by Crippen LogP contribution is 2.06. The average Bonchev–Trinajstić information content (AvgIpc) is 2.60. The van der Waals surface area contributed by atoms with Crippen molar-refractivity contribution < 1.29 is 9.21 Å². The SMILES string of the molecule is CCN(CC(=O)Nc1nnc(C)o1)C1CNC1. The van der Waals surface area contributed by atoms with E-state index >= 15 is 0 Å². The van der Waals surface area contributed by atoms with Crippen LogP contribution < -0.4 is 10.6 Å². The molecule has 0 aromatic carbocycles. The Morgan fingerprint density at radius 2 is 2.35 bits per heavy atom. The number of aryl methyl sites for hydroxylation is 1. The zero-order chi connectivity index (χ0) is 12.3. The number of anilines is 1. The van der Waals surface area contributed by atoms with Gasteiger partial charge in [0.2, 0.25) is 11.8 Å². The molecule has 1 aromatic heterocycles. The van der Waals surface area contributed by atoms with Crippen molar-refractivity contribution in [2.45, 2.75) is 19.9 Å². The van der Waals surface area contributed by atoms with Crippen LogP contribution in [0.4, 0.5) is 6.01 Å². The molecule has 0 unspecified atom stereocenters. The van der Waals surface area contributed by atoms with E-state index in [1.165, 1.54) is 0 Å². The number of hydrogen-bond donors (Lipinski definition) is 2. The third kappa shape index (κ3) is 3.01. The van der Waals surface area contributed by atoms with Crippen molar-refractivity contribution in [2.24, 2.45) is 0 Å². The molecule has 7 nitrogen and oxygen atoms in total. The zero-order valence-electron chi connectivity index (χ0n) is 10.1. The molecule has 7 heteroatoms. The van der Waals surface area contributed by atoms with E-state index in [0.717, 1.165) is 19.6 Å². The quantitative estimate of drug-likeness (QED) is 0.728. The second kappa shape index (κ2) is 5.24. The topological polar surface area (TPSA) is 83.3 Å². The standard InChI is InChI=1S/C10H17N5O2/c1-3-15(8-4-11-5-8)6-9(16)12-10-14-13-7(2)17-10/h8,11H,3-6H2,1-2H3,(H,12,14,16). The molecule has 0 bridgehead atoms. The highest BCUT2D eigenvalue weighted by Gasteiger charge is 2.25. The smallest absolute Gasteiger partial charge is 0.322 e. The van der Waals surface area contributed by atoms with Crippen LogP contribution in [0, 0.1) is 6.92 Å². The molecule has 1 amide bonds. The number of aromatic nitrogens is 2. The van der Waals surface area contributed by atoms with E-state index in [9.17, 15) is 4.79 Å². The summed E-state index contributed by atoms with van der Waals surface area (Å²) in [6, 6.07) is 0.616. The molecule has 1 aliphatic heterocycles. The third-order valence-corrected chi connectivity index (χ3v) is 2.80. The van der Waals surface area contributed by atoms with Gasteiger partial charge in [-0.1, -0.05) is 12.0 Å². The lowest BCUT2D eigenvalue weighted by Crippen LogP contribution is -2.58. The van der Waals surface area contributed by atoms with E-state index in [2.05, 4.69) is 25.7 Å². The number of nitrogens with one attached hydrogen (secondary N) is 2. The van der Waals surface area contributed by atoms with E-state index in [4.69, 9.17) is 4.42 Å². The van der Waals surface area contributed by atoms with Crippen LogP contribution in [0.15, 0.2) is 4.42 Å². The van der Waals surface area contributed by atoms with Crippen LogP contribution in [-0.2, 0) is 4.79 Å². The fourth-order valence-corrected chi connectivity index (χ4v) is 1.72. The summed E-state index contributed by atoms with van der Waals surface area (Å²) in [5.74, 6) is 0.318. The molecule has 0 saturated carbocycles. The predicted octanol–water partition coefficient (Wildman–Crippen LogP) is -0.390. The molecule has 2 heterocycles. The number of amides is 1. The average molecular weight is 239 g/mol. The van der Waals surface area contributed by atoms with Crippen LogP contribution >= 0.6 is 0 Å². The van der Waals surface area contributed by atoms with Crippen molar-refractivity contribution in [3.63, 3.8) is 0 Å². The summed E-state index contributed by atoms with van der Waals surface area (Å²) in [4.78, 5) is 13.9. The summed E-state index contributed by atoms with van der Waals surface area (Å²) in [5, 5.41) is 13.1. The van der Waals surface area contributed by atoms with Gasteiger partial charge in [-0.15, -0.1) is 5.10 Å². The summed E-state index contributed by atoms with van der Waals surface area (Å²) >= 11 is 0. The van der Waals surface area contributed by atoms with Gasteiger partial charge >= 0.3 is 6.01 Å².